The molecule has 1 unspecified atom stereocenters. The summed E-state index contributed by atoms with van der Waals surface area (Å²) >= 11 is 0. The first-order valence-corrected chi connectivity index (χ1v) is 8.41. The first kappa shape index (κ1) is 20.8. The first-order valence-electron chi connectivity index (χ1n) is 8.41. The number of esters is 1. The first-order chi connectivity index (χ1) is 13.4. The molecule has 8 nitrogen and oxygen atoms in total. The fourth-order valence-electron chi connectivity index (χ4n) is 2.46. The highest BCUT2D eigenvalue weighted by Gasteiger charge is 2.18. The van der Waals surface area contributed by atoms with E-state index in [0.29, 0.717) is 22.7 Å². The number of rotatable bonds is 6. The summed E-state index contributed by atoms with van der Waals surface area (Å²) in [5.74, 6) is -1.01. The zero-order valence-electron chi connectivity index (χ0n) is 16.1. The van der Waals surface area contributed by atoms with E-state index in [1.54, 1.807) is 25.1 Å². The van der Waals surface area contributed by atoms with Crippen LogP contribution in [-0.4, -0.2) is 39.1 Å². The molecule has 28 heavy (non-hydrogen) atoms. The van der Waals surface area contributed by atoms with E-state index in [4.69, 9.17) is 9.47 Å². The van der Waals surface area contributed by atoms with Gasteiger partial charge in [0, 0.05) is 5.69 Å². The predicted molar refractivity (Wildman–Crippen MR) is 103 cm³/mol. The lowest BCUT2D eigenvalue weighted by Gasteiger charge is -2.16. The molecule has 0 heterocycles. The molecular formula is C20H22N2O6. The van der Waals surface area contributed by atoms with E-state index in [1.165, 1.54) is 45.6 Å². The van der Waals surface area contributed by atoms with Gasteiger partial charge < -0.3 is 24.8 Å². The minimum Gasteiger partial charge on any atom is -0.493 e. The maximum Gasteiger partial charge on any atom is 0.337 e. The van der Waals surface area contributed by atoms with Crippen molar-refractivity contribution >= 4 is 23.5 Å². The Morgan fingerprint density at radius 3 is 2.07 bits per heavy atom. The molecule has 0 bridgehead atoms. The number of nitrogens with one attached hydrogen (secondary N) is 2. The van der Waals surface area contributed by atoms with Crippen LogP contribution in [0.3, 0.4) is 0 Å². The van der Waals surface area contributed by atoms with Crippen molar-refractivity contribution in [3.05, 3.63) is 53.6 Å². The van der Waals surface area contributed by atoms with Gasteiger partial charge in [-0.2, -0.15) is 0 Å². The van der Waals surface area contributed by atoms with Crippen molar-refractivity contribution < 1.29 is 28.6 Å². The predicted octanol–water partition coefficient (Wildman–Crippen LogP) is 2.31. The summed E-state index contributed by atoms with van der Waals surface area (Å²) in [5, 5.41) is 5.10. The van der Waals surface area contributed by atoms with Gasteiger partial charge in [-0.05, 0) is 48.9 Å². The number of methoxy groups -OCH3 is 3. The number of carbonyl (C=O) groups excluding carboxylic acids is 3. The molecule has 2 aromatic rings. The van der Waals surface area contributed by atoms with Crippen LogP contribution in [0.5, 0.6) is 11.5 Å². The van der Waals surface area contributed by atoms with Crippen molar-refractivity contribution in [2.75, 3.05) is 26.6 Å². The van der Waals surface area contributed by atoms with Gasteiger partial charge in [0.15, 0.2) is 11.5 Å². The van der Waals surface area contributed by atoms with Gasteiger partial charge in [-0.15, -0.1) is 0 Å². The third kappa shape index (κ3) is 5.00. The average molecular weight is 386 g/mol. The zero-order chi connectivity index (χ0) is 20.7. The van der Waals surface area contributed by atoms with Crippen LogP contribution in [-0.2, 0) is 14.3 Å². The fraction of sp³-hybridized carbons (Fsp3) is 0.250. The molecule has 1 atom stereocenters. The second-order valence-corrected chi connectivity index (χ2v) is 5.83. The molecule has 2 N–H and O–H groups in total. The fourth-order valence-corrected chi connectivity index (χ4v) is 2.46. The van der Waals surface area contributed by atoms with E-state index in [-0.39, 0.29) is 0 Å². The van der Waals surface area contributed by atoms with Crippen LogP contribution in [0, 0.1) is 0 Å². The van der Waals surface area contributed by atoms with Crippen LogP contribution in [0.4, 0.5) is 5.69 Å². The molecule has 0 fully saturated rings. The van der Waals surface area contributed by atoms with E-state index in [1.807, 2.05) is 0 Å². The number of amides is 2. The Morgan fingerprint density at radius 1 is 0.857 bits per heavy atom. The number of benzene rings is 2. The molecule has 0 saturated heterocycles. The summed E-state index contributed by atoms with van der Waals surface area (Å²) in [6.07, 6.45) is 0. The Balaban J connectivity index is 2.00. The summed E-state index contributed by atoms with van der Waals surface area (Å²) in [5.41, 5.74) is 1.47. The molecule has 8 heteroatoms. The van der Waals surface area contributed by atoms with Crippen molar-refractivity contribution in [3.8, 4) is 11.5 Å². The third-order valence-electron chi connectivity index (χ3n) is 4.03. The number of carbonyl (C=O) groups is 3. The summed E-state index contributed by atoms with van der Waals surface area (Å²) in [4.78, 5) is 35.7. The number of hydrogen-bond donors (Lipinski definition) is 2. The van der Waals surface area contributed by atoms with Gasteiger partial charge in [0.1, 0.15) is 0 Å². The van der Waals surface area contributed by atoms with Crippen LogP contribution in [0.2, 0.25) is 0 Å². The van der Waals surface area contributed by atoms with Crippen LogP contribution >= 0.6 is 0 Å². The Kier molecular flexibility index (Phi) is 6.97. The standard InChI is InChI=1S/C20H22N2O6/c1-12(14-7-10-16(26-2)17(11-14)27-3)21-18(23)19(24)22-15-8-5-13(6-9-15)20(25)28-4/h5-12H,1-4H3,(H,21,23)(H,22,24). The quantitative estimate of drug-likeness (QED) is 0.583. The molecule has 0 spiro atoms. The van der Waals surface area contributed by atoms with Crippen molar-refractivity contribution in [2.45, 2.75) is 13.0 Å². The third-order valence-corrected chi connectivity index (χ3v) is 4.03. The van der Waals surface area contributed by atoms with Gasteiger partial charge in [0.05, 0.1) is 32.9 Å². The van der Waals surface area contributed by atoms with Crippen LogP contribution in [0.15, 0.2) is 42.5 Å². The number of ether oxygens (including phenoxy) is 3. The SMILES string of the molecule is COC(=O)c1ccc(NC(=O)C(=O)NC(C)c2ccc(OC)c(OC)c2)cc1. The second-order valence-electron chi connectivity index (χ2n) is 5.83. The Bertz CT molecular complexity index is 863. The monoisotopic (exact) mass is 386 g/mol. The van der Waals surface area contributed by atoms with Crippen molar-refractivity contribution in [1.82, 2.24) is 5.32 Å². The zero-order valence-corrected chi connectivity index (χ0v) is 16.1. The van der Waals surface area contributed by atoms with Crippen molar-refractivity contribution in [2.24, 2.45) is 0 Å². The van der Waals surface area contributed by atoms with Gasteiger partial charge in [0.2, 0.25) is 0 Å². The minimum absolute atomic E-state index is 0.340. The van der Waals surface area contributed by atoms with E-state index in [0.717, 1.165) is 5.56 Å². The molecule has 0 saturated carbocycles. The minimum atomic E-state index is -0.821. The van der Waals surface area contributed by atoms with Crippen molar-refractivity contribution in [3.63, 3.8) is 0 Å². The second kappa shape index (κ2) is 9.40. The summed E-state index contributed by atoms with van der Waals surface area (Å²) < 4.78 is 15.0. The molecule has 0 radical (unpaired) electrons. The highest BCUT2D eigenvalue weighted by Crippen LogP contribution is 2.29. The van der Waals surface area contributed by atoms with Gasteiger partial charge in [-0.25, -0.2) is 4.79 Å². The maximum absolute atomic E-state index is 12.2. The highest BCUT2D eigenvalue weighted by atomic mass is 16.5. The Labute approximate surface area is 162 Å². The molecule has 2 amide bonds. The van der Waals surface area contributed by atoms with Gasteiger partial charge >= 0.3 is 17.8 Å². The maximum atomic E-state index is 12.2. The summed E-state index contributed by atoms with van der Waals surface area (Å²) in [6, 6.07) is 10.8. The van der Waals surface area contributed by atoms with Crippen LogP contribution < -0.4 is 20.1 Å². The lowest BCUT2D eigenvalue weighted by molar-refractivity contribution is -0.136. The van der Waals surface area contributed by atoms with Gasteiger partial charge in [-0.1, -0.05) is 6.07 Å². The summed E-state index contributed by atoms with van der Waals surface area (Å²) in [6.45, 7) is 1.75. The van der Waals surface area contributed by atoms with Crippen LogP contribution in [0.25, 0.3) is 0 Å². The molecular weight excluding hydrogens is 364 g/mol. The van der Waals surface area contributed by atoms with E-state index in [9.17, 15) is 14.4 Å². The molecule has 0 aliphatic heterocycles. The smallest absolute Gasteiger partial charge is 0.337 e. The largest absolute Gasteiger partial charge is 0.493 e. The molecule has 0 aromatic heterocycles. The highest BCUT2D eigenvalue weighted by molar-refractivity contribution is 6.39. The van der Waals surface area contributed by atoms with Gasteiger partial charge in [0.25, 0.3) is 0 Å². The Hall–Kier alpha value is -3.55. The number of anilines is 1. The lowest BCUT2D eigenvalue weighted by Crippen LogP contribution is -2.36. The molecule has 2 rings (SSSR count). The topological polar surface area (TPSA) is 103 Å². The molecule has 148 valence electrons. The van der Waals surface area contributed by atoms with Crippen molar-refractivity contribution in [1.29, 1.82) is 0 Å². The van der Waals surface area contributed by atoms with Crippen LogP contribution in [0.1, 0.15) is 28.9 Å². The van der Waals surface area contributed by atoms with Gasteiger partial charge in [-0.3, -0.25) is 9.59 Å². The number of hydrogen-bond acceptors (Lipinski definition) is 6. The molecule has 0 aliphatic carbocycles. The normalized spacial score (nSPS) is 11.1. The summed E-state index contributed by atoms with van der Waals surface area (Å²) in [7, 11) is 4.33. The van der Waals surface area contributed by atoms with E-state index < -0.39 is 23.8 Å². The average Bonchev–Trinajstić information content (AvgIpc) is 2.72. The Morgan fingerprint density at radius 2 is 1.50 bits per heavy atom. The van der Waals surface area contributed by atoms with E-state index >= 15 is 0 Å². The molecule has 0 aliphatic rings. The lowest BCUT2D eigenvalue weighted by atomic mass is 10.1. The molecule has 2 aromatic carbocycles. The van der Waals surface area contributed by atoms with E-state index in [2.05, 4.69) is 15.4 Å².